The minimum atomic E-state index is -0.370. The Hall–Kier alpha value is -2.62. The molecule has 0 fully saturated rings. The molecule has 0 aliphatic rings. The molecular weight excluding hydrogens is 266 g/mol. The molecular formula is C17H17NO3. The maximum absolute atomic E-state index is 11.3. The second-order valence-corrected chi connectivity index (χ2v) is 4.80. The number of rotatable bonds is 3. The van der Waals surface area contributed by atoms with Gasteiger partial charge >= 0.3 is 5.97 Å². The summed E-state index contributed by atoms with van der Waals surface area (Å²) in [4.78, 5) is 15.6. The van der Waals surface area contributed by atoms with Crippen LogP contribution in [-0.4, -0.2) is 24.4 Å². The highest BCUT2D eigenvalue weighted by molar-refractivity contribution is 5.91. The highest BCUT2D eigenvalue weighted by Gasteiger charge is 2.04. The molecule has 0 aliphatic carbocycles. The van der Waals surface area contributed by atoms with Gasteiger partial charge < -0.3 is 9.84 Å². The Kier molecular flexibility index (Phi) is 4.38. The van der Waals surface area contributed by atoms with Crippen LogP contribution in [0, 0.1) is 13.8 Å². The zero-order chi connectivity index (χ0) is 15.4. The smallest absolute Gasteiger partial charge is 0.337 e. The molecule has 4 nitrogen and oxygen atoms in total. The molecule has 0 amide bonds. The van der Waals surface area contributed by atoms with Crippen LogP contribution in [-0.2, 0) is 4.74 Å². The SMILES string of the molecule is COC(=O)c1ccc(C=Nc2cc(C)c(C)cc2O)cc1. The molecule has 0 bridgehead atoms. The standard InChI is InChI=1S/C17H17NO3/c1-11-8-15(16(19)9-12(11)2)18-10-13-4-6-14(7-5-13)17(20)21-3/h4-10,19H,1-3H3. The number of nitrogens with zero attached hydrogens (tertiary/aromatic N) is 1. The van der Waals surface area contributed by atoms with Gasteiger partial charge in [-0.15, -0.1) is 0 Å². The molecule has 21 heavy (non-hydrogen) atoms. The molecule has 0 unspecified atom stereocenters. The monoisotopic (exact) mass is 283 g/mol. The summed E-state index contributed by atoms with van der Waals surface area (Å²) in [5, 5.41) is 9.87. The van der Waals surface area contributed by atoms with E-state index >= 15 is 0 Å². The van der Waals surface area contributed by atoms with Gasteiger partial charge in [0, 0.05) is 6.21 Å². The third-order valence-corrected chi connectivity index (χ3v) is 3.28. The van der Waals surface area contributed by atoms with Gasteiger partial charge in [0.05, 0.1) is 12.7 Å². The fourth-order valence-corrected chi connectivity index (χ4v) is 1.86. The van der Waals surface area contributed by atoms with Crippen molar-refractivity contribution < 1.29 is 14.6 Å². The van der Waals surface area contributed by atoms with Crippen LogP contribution in [0.1, 0.15) is 27.0 Å². The topological polar surface area (TPSA) is 58.9 Å². The van der Waals surface area contributed by atoms with Gasteiger partial charge in [-0.25, -0.2) is 4.79 Å². The number of esters is 1. The quantitative estimate of drug-likeness (QED) is 0.692. The number of aromatic hydroxyl groups is 1. The van der Waals surface area contributed by atoms with E-state index in [0.29, 0.717) is 11.3 Å². The summed E-state index contributed by atoms with van der Waals surface area (Å²) in [7, 11) is 1.35. The van der Waals surface area contributed by atoms with Gasteiger partial charge in [0.15, 0.2) is 0 Å². The van der Waals surface area contributed by atoms with E-state index in [4.69, 9.17) is 0 Å². The Morgan fingerprint density at radius 3 is 2.38 bits per heavy atom. The Labute approximate surface area is 123 Å². The van der Waals surface area contributed by atoms with E-state index in [1.165, 1.54) is 7.11 Å². The first-order chi connectivity index (χ1) is 10.0. The molecule has 2 rings (SSSR count). The fourth-order valence-electron chi connectivity index (χ4n) is 1.86. The number of phenolic OH excluding ortho intramolecular Hbond substituents is 1. The summed E-state index contributed by atoms with van der Waals surface area (Å²) in [6.45, 7) is 3.91. The molecule has 0 saturated heterocycles. The van der Waals surface area contributed by atoms with E-state index in [-0.39, 0.29) is 11.7 Å². The van der Waals surface area contributed by atoms with Gasteiger partial charge in [-0.3, -0.25) is 4.99 Å². The van der Waals surface area contributed by atoms with Crippen molar-refractivity contribution in [1.82, 2.24) is 0 Å². The van der Waals surface area contributed by atoms with Crippen molar-refractivity contribution in [1.29, 1.82) is 0 Å². The summed E-state index contributed by atoms with van der Waals surface area (Å²) in [6, 6.07) is 10.4. The van der Waals surface area contributed by atoms with Crippen molar-refractivity contribution in [2.45, 2.75) is 13.8 Å². The maximum atomic E-state index is 11.3. The first-order valence-corrected chi connectivity index (χ1v) is 6.54. The lowest BCUT2D eigenvalue weighted by atomic mass is 10.1. The van der Waals surface area contributed by atoms with Crippen molar-refractivity contribution in [2.24, 2.45) is 4.99 Å². The van der Waals surface area contributed by atoms with E-state index in [1.54, 1.807) is 36.5 Å². The van der Waals surface area contributed by atoms with Crippen LogP contribution >= 0.6 is 0 Å². The number of phenols is 1. The lowest BCUT2D eigenvalue weighted by Crippen LogP contribution is -2.00. The molecule has 0 heterocycles. The van der Waals surface area contributed by atoms with E-state index in [2.05, 4.69) is 9.73 Å². The van der Waals surface area contributed by atoms with Crippen LogP contribution in [0.4, 0.5) is 5.69 Å². The fraction of sp³-hybridized carbons (Fsp3) is 0.176. The number of aryl methyl sites for hydroxylation is 2. The van der Waals surface area contributed by atoms with Gasteiger partial charge in [0.2, 0.25) is 0 Å². The lowest BCUT2D eigenvalue weighted by molar-refractivity contribution is 0.0600. The molecule has 0 spiro atoms. The molecule has 0 aliphatic heterocycles. The lowest BCUT2D eigenvalue weighted by Gasteiger charge is -2.04. The number of hydrogen-bond acceptors (Lipinski definition) is 4. The average Bonchev–Trinajstić information content (AvgIpc) is 2.49. The predicted molar refractivity (Wildman–Crippen MR) is 82.6 cm³/mol. The minimum absolute atomic E-state index is 0.153. The summed E-state index contributed by atoms with van der Waals surface area (Å²) in [5.41, 5.74) is 3.94. The van der Waals surface area contributed by atoms with Crippen molar-refractivity contribution in [2.75, 3.05) is 7.11 Å². The van der Waals surface area contributed by atoms with E-state index in [0.717, 1.165) is 16.7 Å². The molecule has 0 saturated carbocycles. The van der Waals surface area contributed by atoms with Gasteiger partial charge in [-0.05, 0) is 54.8 Å². The first-order valence-electron chi connectivity index (χ1n) is 6.54. The number of ether oxygens (including phenoxy) is 1. The van der Waals surface area contributed by atoms with Crippen LogP contribution < -0.4 is 0 Å². The van der Waals surface area contributed by atoms with Gasteiger partial charge in [-0.2, -0.15) is 0 Å². The second-order valence-electron chi connectivity index (χ2n) is 4.80. The van der Waals surface area contributed by atoms with Crippen LogP contribution in [0.2, 0.25) is 0 Å². The van der Waals surface area contributed by atoms with E-state index in [9.17, 15) is 9.90 Å². The third-order valence-electron chi connectivity index (χ3n) is 3.28. The Morgan fingerprint density at radius 2 is 1.76 bits per heavy atom. The molecule has 2 aromatic rings. The van der Waals surface area contributed by atoms with E-state index < -0.39 is 0 Å². The zero-order valence-electron chi connectivity index (χ0n) is 12.3. The van der Waals surface area contributed by atoms with Gasteiger partial charge in [0.25, 0.3) is 0 Å². The summed E-state index contributed by atoms with van der Waals surface area (Å²) >= 11 is 0. The second kappa shape index (κ2) is 6.22. The predicted octanol–water partition coefficient (Wildman–Crippen LogP) is 3.55. The normalized spacial score (nSPS) is 10.8. The van der Waals surface area contributed by atoms with Crippen molar-refractivity contribution >= 4 is 17.9 Å². The number of carbonyl (C=O) groups excluding carboxylic acids is 1. The third kappa shape index (κ3) is 3.48. The van der Waals surface area contributed by atoms with Crippen LogP contribution in [0.25, 0.3) is 0 Å². The van der Waals surface area contributed by atoms with Crippen LogP contribution in [0.5, 0.6) is 5.75 Å². The highest BCUT2D eigenvalue weighted by Crippen LogP contribution is 2.29. The van der Waals surface area contributed by atoms with Crippen LogP contribution in [0.3, 0.4) is 0 Å². The average molecular weight is 283 g/mol. The van der Waals surface area contributed by atoms with Crippen molar-refractivity contribution in [3.05, 3.63) is 58.7 Å². The van der Waals surface area contributed by atoms with Crippen LogP contribution in [0.15, 0.2) is 41.4 Å². The summed E-state index contributed by atoms with van der Waals surface area (Å²) in [5.74, 6) is -0.217. The molecule has 0 atom stereocenters. The Balaban J connectivity index is 2.22. The number of benzene rings is 2. The maximum Gasteiger partial charge on any atom is 0.337 e. The van der Waals surface area contributed by atoms with E-state index in [1.807, 2.05) is 19.9 Å². The first kappa shape index (κ1) is 14.8. The molecule has 4 heteroatoms. The number of carbonyl (C=O) groups is 1. The van der Waals surface area contributed by atoms with Gasteiger partial charge in [0.1, 0.15) is 11.4 Å². The number of hydrogen-bond donors (Lipinski definition) is 1. The van der Waals surface area contributed by atoms with Gasteiger partial charge in [-0.1, -0.05) is 12.1 Å². The minimum Gasteiger partial charge on any atom is -0.506 e. The number of aliphatic imine (C=N–C) groups is 1. The molecule has 0 radical (unpaired) electrons. The largest absolute Gasteiger partial charge is 0.506 e. The molecule has 108 valence electrons. The molecule has 1 N–H and O–H groups in total. The number of methoxy groups -OCH3 is 1. The summed E-state index contributed by atoms with van der Waals surface area (Å²) in [6.07, 6.45) is 1.64. The van der Waals surface area contributed by atoms with Crippen molar-refractivity contribution in [3.63, 3.8) is 0 Å². The summed E-state index contributed by atoms with van der Waals surface area (Å²) < 4.78 is 4.64. The van der Waals surface area contributed by atoms with Crippen molar-refractivity contribution in [3.8, 4) is 5.75 Å². The molecule has 2 aromatic carbocycles. The molecule has 0 aromatic heterocycles. The zero-order valence-corrected chi connectivity index (χ0v) is 12.3. The highest BCUT2D eigenvalue weighted by atomic mass is 16.5. The Bertz CT molecular complexity index is 688. The Morgan fingerprint density at radius 1 is 1.14 bits per heavy atom.